The zero-order valence-corrected chi connectivity index (χ0v) is 25.1. The Morgan fingerprint density at radius 3 is 2.27 bits per heavy atom. The van der Waals surface area contributed by atoms with E-state index in [1.807, 2.05) is 6.92 Å². The molecule has 0 aliphatic carbocycles. The third-order valence-electron chi connectivity index (χ3n) is 6.82. The van der Waals surface area contributed by atoms with Crippen molar-refractivity contribution in [2.24, 2.45) is 0 Å². The predicted molar refractivity (Wildman–Crippen MR) is 144 cm³/mol. The molecule has 2 aliphatic heterocycles. The van der Waals surface area contributed by atoms with E-state index >= 15 is 0 Å². The van der Waals surface area contributed by atoms with Crippen molar-refractivity contribution >= 4 is 38.6 Å². The molecule has 0 bridgehead atoms. The number of imidazole rings is 1. The number of esters is 1. The molecule has 0 radical (unpaired) electrons. The third kappa shape index (κ3) is 8.35. The Morgan fingerprint density at radius 2 is 1.61 bits per heavy atom. The van der Waals surface area contributed by atoms with E-state index in [4.69, 9.17) is 24.5 Å². The van der Waals surface area contributed by atoms with Gasteiger partial charge < -0.3 is 50.2 Å². The highest BCUT2D eigenvalue weighted by Crippen LogP contribution is 2.60. The predicted octanol–water partition coefficient (Wildman–Crippen LogP) is -0.761. The number of nitrogens with zero attached hydrogens (tertiary/aromatic N) is 4. The van der Waals surface area contributed by atoms with Crippen molar-refractivity contribution in [2.75, 3.05) is 18.9 Å². The number of phosphoric ester groups is 2. The summed E-state index contributed by atoms with van der Waals surface area (Å²) in [5.41, 5.74) is 6.11. The largest absolute Gasteiger partial charge is 0.481 e. The van der Waals surface area contributed by atoms with Gasteiger partial charge in [0.1, 0.15) is 42.4 Å². The molecule has 10 atom stereocenters. The van der Waals surface area contributed by atoms with Gasteiger partial charge in [-0.1, -0.05) is 26.2 Å². The van der Waals surface area contributed by atoms with Crippen LogP contribution in [0.15, 0.2) is 12.7 Å². The van der Waals surface area contributed by atoms with Crippen LogP contribution in [0, 0.1) is 0 Å². The van der Waals surface area contributed by atoms with E-state index in [2.05, 4.69) is 23.8 Å². The molecule has 0 amide bonds. The van der Waals surface area contributed by atoms with Crippen LogP contribution in [0.25, 0.3) is 11.2 Å². The smallest absolute Gasteiger partial charge is 0.454 e. The fourth-order valence-electron chi connectivity index (χ4n) is 4.56. The summed E-state index contributed by atoms with van der Waals surface area (Å²) in [6.07, 6.45) is -6.71. The van der Waals surface area contributed by atoms with E-state index in [0.29, 0.717) is 6.42 Å². The quantitative estimate of drug-likeness (QED) is 0.0695. The molecule has 22 heteroatoms. The number of nitrogens with two attached hydrogens (primary N) is 1. The van der Waals surface area contributed by atoms with E-state index in [-0.39, 0.29) is 23.4 Å². The number of hydrogen-bond donors (Lipinski definition) is 7. The second-order valence-corrected chi connectivity index (χ2v) is 13.1. The summed E-state index contributed by atoms with van der Waals surface area (Å²) in [6.45, 7) is 0.179. The van der Waals surface area contributed by atoms with E-state index in [1.54, 1.807) is 0 Å². The van der Waals surface area contributed by atoms with Crippen LogP contribution in [-0.4, -0.2) is 112 Å². The van der Waals surface area contributed by atoms with Crippen molar-refractivity contribution in [3.63, 3.8) is 0 Å². The minimum Gasteiger partial charge on any atom is -0.454 e. The molecule has 0 aromatic carbocycles. The van der Waals surface area contributed by atoms with Crippen molar-refractivity contribution in [2.45, 2.75) is 88.2 Å². The van der Waals surface area contributed by atoms with Crippen LogP contribution >= 0.6 is 15.6 Å². The van der Waals surface area contributed by atoms with Gasteiger partial charge in [0.25, 0.3) is 0 Å². The standard InChI is InChI=1S/C22H35N5O15P2/c1-2-3-4-5-6-13(28)41-18-16(30)12(40-22(18)32)8-38-44(35,36)42-43(33,34)37-7-11-15(29)17(31)21(39-11)27-10-26-14-19(23)24-9-25-20(14)27/h9-12,15-18,21-22,29-32H,2-8H2,1H3,(H,33,34)(H,35,36)(H2,23,24,25)/t11-,12+,15-,16+,17-,18+,21-,22?/m1/s1. The van der Waals surface area contributed by atoms with Gasteiger partial charge in [-0.25, -0.2) is 24.1 Å². The lowest BCUT2D eigenvalue weighted by Gasteiger charge is -2.21. The number of anilines is 1. The molecule has 2 aromatic heterocycles. The number of fused-ring (bicyclic) bond motifs is 1. The van der Waals surface area contributed by atoms with Gasteiger partial charge in [0.2, 0.25) is 0 Å². The highest BCUT2D eigenvalue weighted by molar-refractivity contribution is 7.61. The first kappa shape index (κ1) is 34.7. The van der Waals surface area contributed by atoms with Crippen molar-refractivity contribution in [3.05, 3.63) is 12.7 Å². The molecule has 2 saturated heterocycles. The van der Waals surface area contributed by atoms with E-state index < -0.39 is 84.0 Å². The number of carbonyl (C=O) groups is 1. The van der Waals surface area contributed by atoms with Gasteiger partial charge in [-0.05, 0) is 6.42 Å². The topological polar surface area (TPSA) is 298 Å². The number of aliphatic hydroxyl groups excluding tert-OH is 4. The Kier molecular flexibility index (Phi) is 11.4. The summed E-state index contributed by atoms with van der Waals surface area (Å²) >= 11 is 0. The lowest BCUT2D eigenvalue weighted by atomic mass is 10.1. The number of phosphoric acid groups is 2. The van der Waals surface area contributed by atoms with Crippen molar-refractivity contribution in [1.82, 2.24) is 19.5 Å². The maximum absolute atomic E-state index is 12.4. The molecule has 3 unspecified atom stereocenters. The number of carbonyl (C=O) groups excluding carboxylic acids is 1. The Labute approximate surface area is 249 Å². The minimum atomic E-state index is -5.36. The number of unbranched alkanes of at least 4 members (excludes halogenated alkanes) is 3. The van der Waals surface area contributed by atoms with Crippen LogP contribution < -0.4 is 5.73 Å². The fourth-order valence-corrected chi connectivity index (χ4v) is 6.65. The van der Waals surface area contributed by atoms with Crippen LogP contribution in [0.5, 0.6) is 0 Å². The summed E-state index contributed by atoms with van der Waals surface area (Å²) < 4.78 is 55.2. The first-order valence-electron chi connectivity index (χ1n) is 13.5. The normalized spacial score (nSPS) is 31.6. The molecule has 0 spiro atoms. The van der Waals surface area contributed by atoms with Crippen LogP contribution in [0.3, 0.4) is 0 Å². The average molecular weight is 671 g/mol. The fraction of sp³-hybridized carbons (Fsp3) is 0.727. The summed E-state index contributed by atoms with van der Waals surface area (Å²) in [4.78, 5) is 43.8. The van der Waals surface area contributed by atoms with Crippen molar-refractivity contribution in [1.29, 1.82) is 0 Å². The first-order chi connectivity index (χ1) is 20.7. The molecule has 2 aliphatic rings. The molecule has 8 N–H and O–H groups in total. The molecular formula is C22H35N5O15P2. The third-order valence-corrected chi connectivity index (χ3v) is 9.43. The molecule has 2 fully saturated rings. The number of nitrogen functional groups attached to an aromatic ring is 1. The summed E-state index contributed by atoms with van der Waals surface area (Å²) in [6, 6.07) is 0. The Bertz CT molecular complexity index is 1380. The maximum Gasteiger partial charge on any atom is 0.481 e. The number of hydrogen-bond acceptors (Lipinski definition) is 17. The first-order valence-corrected chi connectivity index (χ1v) is 16.5. The van der Waals surface area contributed by atoms with Gasteiger partial charge in [-0.3, -0.25) is 18.4 Å². The van der Waals surface area contributed by atoms with Gasteiger partial charge in [0.15, 0.2) is 30.1 Å². The maximum atomic E-state index is 12.4. The molecular weight excluding hydrogens is 636 g/mol. The lowest BCUT2D eigenvalue weighted by Crippen LogP contribution is -2.38. The Balaban J connectivity index is 1.26. The highest BCUT2D eigenvalue weighted by atomic mass is 31.3. The zero-order valence-electron chi connectivity index (χ0n) is 23.3. The summed E-state index contributed by atoms with van der Waals surface area (Å²) in [5, 5.41) is 41.3. The minimum absolute atomic E-state index is 0.0512. The highest BCUT2D eigenvalue weighted by Gasteiger charge is 2.48. The number of rotatable bonds is 15. The van der Waals surface area contributed by atoms with Gasteiger partial charge in [0.05, 0.1) is 19.5 Å². The molecule has 44 heavy (non-hydrogen) atoms. The van der Waals surface area contributed by atoms with Gasteiger partial charge in [0, 0.05) is 6.42 Å². The molecule has 4 rings (SSSR count). The summed E-state index contributed by atoms with van der Waals surface area (Å²) in [7, 11) is -10.7. The zero-order chi connectivity index (χ0) is 32.2. The monoisotopic (exact) mass is 671 g/mol. The molecule has 4 heterocycles. The van der Waals surface area contributed by atoms with Crippen LogP contribution in [0.2, 0.25) is 0 Å². The number of ether oxygens (including phenoxy) is 3. The Morgan fingerprint density at radius 1 is 0.955 bits per heavy atom. The lowest BCUT2D eigenvalue weighted by molar-refractivity contribution is -0.173. The Hall–Kier alpha value is -2.16. The molecule has 2 aromatic rings. The second-order valence-electron chi connectivity index (χ2n) is 10.1. The van der Waals surface area contributed by atoms with Crippen molar-refractivity contribution in [3.8, 4) is 0 Å². The van der Waals surface area contributed by atoms with Gasteiger partial charge >= 0.3 is 21.6 Å². The van der Waals surface area contributed by atoms with Crippen LogP contribution in [0.4, 0.5) is 5.82 Å². The van der Waals surface area contributed by atoms with E-state index in [9.17, 15) is 44.1 Å². The molecule has 0 saturated carbocycles. The number of aliphatic hydroxyl groups is 4. The summed E-state index contributed by atoms with van der Waals surface area (Å²) in [5.74, 6) is -0.631. The van der Waals surface area contributed by atoms with Crippen LogP contribution in [-0.2, 0) is 41.5 Å². The number of aromatic nitrogens is 4. The molecule has 248 valence electrons. The average Bonchev–Trinajstić information content (AvgIpc) is 3.59. The molecule has 20 nitrogen and oxygen atoms in total. The van der Waals surface area contributed by atoms with Crippen molar-refractivity contribution < 1.29 is 71.7 Å². The second kappa shape index (κ2) is 14.5. The van der Waals surface area contributed by atoms with Gasteiger partial charge in [-0.15, -0.1) is 0 Å². The van der Waals surface area contributed by atoms with Gasteiger partial charge in [-0.2, -0.15) is 4.31 Å². The van der Waals surface area contributed by atoms with Crippen LogP contribution in [0.1, 0.15) is 45.3 Å². The SMILES string of the molecule is CCCCCCC(=O)O[C@@H]1C(O)O[C@@H](COP(=O)(O)OP(=O)(O)OC[C@H]2O[C@@H](n3cnc4c(N)ncnc43)[C@H](O)[C@@H]2O)[C@@H]1O. The van der Waals surface area contributed by atoms with E-state index in [0.717, 1.165) is 25.6 Å². The van der Waals surface area contributed by atoms with E-state index in [1.165, 1.54) is 10.9 Å².